The second-order valence-corrected chi connectivity index (χ2v) is 7.57. The van der Waals surface area contributed by atoms with Crippen molar-refractivity contribution in [3.05, 3.63) is 25.3 Å². The van der Waals surface area contributed by atoms with Gasteiger partial charge in [-0.25, -0.2) is 0 Å². The van der Waals surface area contributed by atoms with Gasteiger partial charge in [-0.1, -0.05) is 19.1 Å². The number of hydrogen-bond acceptors (Lipinski definition) is 3. The Kier molecular flexibility index (Phi) is 14.0. The van der Waals surface area contributed by atoms with Crippen LogP contribution in [0.1, 0.15) is 58.8 Å². The molecule has 0 rings (SSSR count). The van der Waals surface area contributed by atoms with E-state index in [2.05, 4.69) is 25.4 Å². The Balaban J connectivity index is 4.71. The number of likely N-dealkylation sites (N-methyl/N-ethyl adjacent to an activating group) is 1. The number of hydrogen-bond donors (Lipinski definition) is 2. The summed E-state index contributed by atoms with van der Waals surface area (Å²) in [6.45, 7) is 11.2. The number of rotatable bonds is 15. The van der Waals surface area contributed by atoms with E-state index in [9.17, 15) is 14.7 Å². The summed E-state index contributed by atoms with van der Waals surface area (Å²) in [6.07, 6.45) is 8.30. The molecule has 0 aliphatic rings. The molecule has 0 radical (unpaired) electrons. The fourth-order valence-electron chi connectivity index (χ4n) is 2.81. The van der Waals surface area contributed by atoms with E-state index < -0.39 is 18.2 Å². The van der Waals surface area contributed by atoms with Crippen molar-refractivity contribution >= 4 is 23.4 Å². The molecule has 0 spiro atoms. The third-order valence-electron chi connectivity index (χ3n) is 4.87. The van der Waals surface area contributed by atoms with Gasteiger partial charge in [0, 0.05) is 13.5 Å². The molecular formula is C21H37ClN2O3. The Labute approximate surface area is 169 Å². The number of aliphatic hydroxyl groups is 1. The van der Waals surface area contributed by atoms with Crippen LogP contribution in [0.5, 0.6) is 0 Å². The SMILES string of the molecule is C=CCCCCC(=O)N(C)C(C)C(=O)N[C@@H](CC(C)CCC=C)[C@@H](O)CCl. The van der Waals surface area contributed by atoms with Gasteiger partial charge in [0.15, 0.2) is 0 Å². The second-order valence-electron chi connectivity index (χ2n) is 7.26. The van der Waals surface area contributed by atoms with Gasteiger partial charge in [0.2, 0.25) is 11.8 Å². The van der Waals surface area contributed by atoms with Gasteiger partial charge >= 0.3 is 0 Å². The van der Waals surface area contributed by atoms with E-state index in [1.54, 1.807) is 14.0 Å². The summed E-state index contributed by atoms with van der Waals surface area (Å²) in [5.74, 6) is 0.0224. The summed E-state index contributed by atoms with van der Waals surface area (Å²) in [5.41, 5.74) is 0. The van der Waals surface area contributed by atoms with Crippen molar-refractivity contribution in [2.24, 2.45) is 5.92 Å². The third kappa shape index (κ3) is 10.5. The fourth-order valence-corrected chi connectivity index (χ4v) is 3.02. The van der Waals surface area contributed by atoms with Crippen LogP contribution in [0.2, 0.25) is 0 Å². The van der Waals surface area contributed by atoms with Gasteiger partial charge in [-0.3, -0.25) is 9.59 Å². The number of carbonyl (C=O) groups excluding carboxylic acids is 2. The Morgan fingerprint density at radius 2 is 1.81 bits per heavy atom. The maximum absolute atomic E-state index is 12.6. The number of halogens is 1. The van der Waals surface area contributed by atoms with Crippen molar-refractivity contribution in [3.8, 4) is 0 Å². The van der Waals surface area contributed by atoms with Gasteiger partial charge < -0.3 is 15.3 Å². The largest absolute Gasteiger partial charge is 0.390 e. The summed E-state index contributed by atoms with van der Waals surface area (Å²) >= 11 is 5.80. The predicted octanol–water partition coefficient (Wildman–Crippen LogP) is 3.66. The number of unbranched alkanes of at least 4 members (excludes halogenated alkanes) is 2. The molecule has 0 aromatic rings. The fraction of sp³-hybridized carbons (Fsp3) is 0.714. The molecule has 2 unspecified atom stereocenters. The second kappa shape index (κ2) is 14.7. The maximum Gasteiger partial charge on any atom is 0.242 e. The Morgan fingerprint density at radius 1 is 1.19 bits per heavy atom. The lowest BCUT2D eigenvalue weighted by Crippen LogP contribution is -2.52. The zero-order valence-corrected chi connectivity index (χ0v) is 17.9. The first kappa shape index (κ1) is 25.7. The first-order chi connectivity index (χ1) is 12.8. The van der Waals surface area contributed by atoms with Crippen LogP contribution in [-0.4, -0.2) is 52.9 Å². The quantitative estimate of drug-likeness (QED) is 0.250. The highest BCUT2D eigenvalue weighted by Gasteiger charge is 2.27. The minimum absolute atomic E-state index is 0.0472. The van der Waals surface area contributed by atoms with Gasteiger partial charge in [-0.05, 0) is 51.4 Å². The molecule has 0 aliphatic carbocycles. The smallest absolute Gasteiger partial charge is 0.242 e. The lowest BCUT2D eigenvalue weighted by Gasteiger charge is -2.30. The predicted molar refractivity (Wildman–Crippen MR) is 113 cm³/mol. The molecule has 2 amide bonds. The van der Waals surface area contributed by atoms with Gasteiger partial charge in [-0.15, -0.1) is 24.8 Å². The van der Waals surface area contributed by atoms with E-state index in [1.807, 2.05) is 12.2 Å². The van der Waals surface area contributed by atoms with E-state index in [0.717, 1.165) is 32.1 Å². The molecule has 0 aromatic carbocycles. The molecule has 0 fully saturated rings. The van der Waals surface area contributed by atoms with Crippen LogP contribution in [0.4, 0.5) is 0 Å². The summed E-state index contributed by atoms with van der Waals surface area (Å²) in [6, 6.07) is -1.04. The number of alkyl halides is 1. The van der Waals surface area contributed by atoms with Gasteiger partial charge in [0.25, 0.3) is 0 Å². The molecule has 0 saturated carbocycles. The minimum atomic E-state index is -0.825. The molecule has 5 nitrogen and oxygen atoms in total. The van der Waals surface area contributed by atoms with Crippen molar-refractivity contribution in [2.75, 3.05) is 12.9 Å². The van der Waals surface area contributed by atoms with Crippen molar-refractivity contribution in [2.45, 2.75) is 77.0 Å². The minimum Gasteiger partial charge on any atom is -0.390 e. The van der Waals surface area contributed by atoms with Gasteiger partial charge in [0.1, 0.15) is 6.04 Å². The Morgan fingerprint density at radius 3 is 2.37 bits per heavy atom. The summed E-state index contributed by atoms with van der Waals surface area (Å²) in [7, 11) is 1.64. The van der Waals surface area contributed by atoms with Crippen LogP contribution in [0.3, 0.4) is 0 Å². The highest BCUT2D eigenvalue weighted by molar-refractivity contribution is 6.18. The number of nitrogens with one attached hydrogen (secondary N) is 1. The van der Waals surface area contributed by atoms with Crippen molar-refractivity contribution < 1.29 is 14.7 Å². The summed E-state index contributed by atoms with van der Waals surface area (Å²) < 4.78 is 0. The van der Waals surface area contributed by atoms with Crippen molar-refractivity contribution in [1.29, 1.82) is 0 Å². The van der Waals surface area contributed by atoms with Crippen molar-refractivity contribution in [1.82, 2.24) is 10.2 Å². The highest BCUT2D eigenvalue weighted by Crippen LogP contribution is 2.16. The number of allylic oxidation sites excluding steroid dienone is 2. The summed E-state index contributed by atoms with van der Waals surface area (Å²) in [5, 5.41) is 13.1. The average molecular weight is 401 g/mol. The Bertz CT molecular complexity index is 470. The van der Waals surface area contributed by atoms with E-state index in [1.165, 1.54) is 4.90 Å². The zero-order valence-electron chi connectivity index (χ0n) is 17.1. The molecule has 0 aromatic heterocycles. The summed E-state index contributed by atoms with van der Waals surface area (Å²) in [4.78, 5) is 26.3. The molecule has 0 heterocycles. The van der Waals surface area contributed by atoms with Crippen LogP contribution in [0.15, 0.2) is 25.3 Å². The number of amides is 2. The lowest BCUT2D eigenvalue weighted by atomic mass is 9.94. The van der Waals surface area contributed by atoms with E-state index in [-0.39, 0.29) is 17.7 Å². The van der Waals surface area contributed by atoms with Crippen LogP contribution in [0, 0.1) is 5.92 Å². The van der Waals surface area contributed by atoms with Crippen LogP contribution >= 0.6 is 11.6 Å². The molecule has 27 heavy (non-hydrogen) atoms. The molecule has 4 atom stereocenters. The topological polar surface area (TPSA) is 69.6 Å². The van der Waals surface area contributed by atoms with Gasteiger partial charge in [-0.2, -0.15) is 0 Å². The number of carbonyl (C=O) groups is 2. The highest BCUT2D eigenvalue weighted by atomic mass is 35.5. The van der Waals surface area contributed by atoms with Crippen LogP contribution in [-0.2, 0) is 9.59 Å². The Hall–Kier alpha value is -1.33. The molecule has 2 N–H and O–H groups in total. The van der Waals surface area contributed by atoms with E-state index in [4.69, 9.17) is 11.6 Å². The normalized spacial score (nSPS) is 15.3. The van der Waals surface area contributed by atoms with Gasteiger partial charge in [0.05, 0.1) is 18.0 Å². The van der Waals surface area contributed by atoms with Crippen molar-refractivity contribution in [3.63, 3.8) is 0 Å². The average Bonchev–Trinajstić information content (AvgIpc) is 2.66. The monoisotopic (exact) mass is 400 g/mol. The van der Waals surface area contributed by atoms with Crippen LogP contribution < -0.4 is 5.32 Å². The first-order valence-electron chi connectivity index (χ1n) is 9.80. The first-order valence-corrected chi connectivity index (χ1v) is 10.3. The molecular weight excluding hydrogens is 364 g/mol. The number of aliphatic hydroxyl groups excluding tert-OH is 1. The maximum atomic E-state index is 12.6. The molecule has 6 heteroatoms. The lowest BCUT2D eigenvalue weighted by molar-refractivity contribution is -0.139. The number of nitrogens with zero attached hydrogens (tertiary/aromatic N) is 1. The molecule has 156 valence electrons. The molecule has 0 bridgehead atoms. The van der Waals surface area contributed by atoms with Crippen LogP contribution in [0.25, 0.3) is 0 Å². The zero-order chi connectivity index (χ0) is 20.8. The standard InChI is InChI=1S/C21H37ClN2O3/c1-6-8-10-11-13-20(26)24(5)17(4)21(27)23-18(19(25)15-22)14-16(3)12-9-7-2/h6-7,16-19,25H,1-2,8-15H2,3-5H3,(H,23,27)/t16?,17?,18-,19-/m0/s1. The molecule has 0 aliphatic heterocycles. The third-order valence-corrected chi connectivity index (χ3v) is 5.19. The van der Waals surface area contributed by atoms with E-state index in [0.29, 0.717) is 18.8 Å². The molecule has 0 saturated heterocycles. The van der Waals surface area contributed by atoms with E-state index >= 15 is 0 Å².